The third-order valence-electron chi connectivity index (χ3n) is 0.375. The monoisotopic (exact) mass is 118 g/mol. The second-order valence-electron chi connectivity index (χ2n) is 0.833. The van der Waals surface area contributed by atoms with Crippen LogP contribution in [0.4, 0.5) is 0 Å². The molecule has 1 atom stereocenters. The minimum absolute atomic E-state index is 0.456. The average Bonchev–Trinajstić information content (AvgIpc) is 1.68. The second-order valence-corrected chi connectivity index (χ2v) is 1.92. The van der Waals surface area contributed by atoms with Gasteiger partial charge < -0.3 is 4.89 Å². The van der Waals surface area contributed by atoms with Crippen LogP contribution in [-0.2, 0) is 4.52 Å². The van der Waals surface area contributed by atoms with Crippen LogP contribution in [0.2, 0.25) is 0 Å². The van der Waals surface area contributed by atoms with E-state index in [0.29, 0.717) is 6.61 Å². The lowest BCUT2D eigenvalue weighted by atomic mass is 10.9. The molecule has 0 aliphatic carbocycles. The lowest BCUT2D eigenvalue weighted by Crippen LogP contribution is -1.90. The van der Waals surface area contributed by atoms with E-state index < -0.39 is 8.00 Å². The molecule has 40 valence electrons. The van der Waals surface area contributed by atoms with E-state index in [2.05, 4.69) is 16.6 Å². The molecule has 0 aromatic rings. The Morgan fingerprint density at radius 3 is 2.71 bits per heavy atom. The van der Waals surface area contributed by atoms with Crippen molar-refractivity contribution in [2.45, 2.75) is 6.92 Å². The van der Waals surface area contributed by atoms with Gasteiger partial charge >= 0.3 is 0 Å². The highest BCUT2D eigenvalue weighted by Crippen LogP contribution is 2.06. The Morgan fingerprint density at radius 1 is 2.00 bits per heavy atom. The van der Waals surface area contributed by atoms with Crippen LogP contribution in [0.25, 0.3) is 0 Å². The first-order chi connectivity index (χ1) is 3.31. The molecule has 3 heteroatoms. The van der Waals surface area contributed by atoms with Gasteiger partial charge in [0.1, 0.15) is 5.45 Å². The molecule has 7 heavy (non-hydrogen) atoms. The zero-order chi connectivity index (χ0) is 5.70. The first-order valence-electron chi connectivity index (χ1n) is 1.94. The Labute approximate surface area is 44.0 Å². The van der Waals surface area contributed by atoms with Crippen molar-refractivity contribution < 1.29 is 9.42 Å². The molecule has 0 fully saturated rings. The van der Waals surface area contributed by atoms with Crippen molar-refractivity contribution >= 4 is 13.5 Å². The summed E-state index contributed by atoms with van der Waals surface area (Å²) >= 11 is 0. The van der Waals surface area contributed by atoms with E-state index >= 15 is 0 Å². The van der Waals surface area contributed by atoms with Crippen LogP contribution in [0.5, 0.6) is 0 Å². The highest BCUT2D eigenvalue weighted by atomic mass is 31.1. The maximum atomic E-state index is 10.2. The highest BCUT2D eigenvalue weighted by molar-refractivity contribution is 7.44. The van der Waals surface area contributed by atoms with Crippen LogP contribution < -0.4 is 4.89 Å². The largest absolute Gasteiger partial charge is 0.595 e. The van der Waals surface area contributed by atoms with Crippen LogP contribution in [0, 0.1) is 0 Å². The van der Waals surface area contributed by atoms with Crippen LogP contribution in [0.1, 0.15) is 6.92 Å². The zero-order valence-corrected chi connectivity index (χ0v) is 5.07. The van der Waals surface area contributed by atoms with Gasteiger partial charge in [-0.25, -0.2) is 0 Å². The lowest BCUT2D eigenvalue weighted by molar-refractivity contribution is -0.171. The fraction of sp³-hybridized carbons (Fsp3) is 0.500. The summed E-state index contributed by atoms with van der Waals surface area (Å²) in [5, 5.41) is 0. The summed E-state index contributed by atoms with van der Waals surface area (Å²) in [6.45, 7) is 5.37. The van der Waals surface area contributed by atoms with E-state index in [-0.39, 0.29) is 0 Å². The lowest BCUT2D eigenvalue weighted by Gasteiger charge is -1.85. The fourth-order valence-corrected chi connectivity index (χ4v) is 0.489. The molecule has 0 saturated carbocycles. The molecule has 0 aliphatic rings. The van der Waals surface area contributed by atoms with Gasteiger partial charge in [0.2, 0.25) is 0 Å². The summed E-state index contributed by atoms with van der Waals surface area (Å²) in [5.74, 6) is 0. The Balaban J connectivity index is 3.37. The molecule has 0 amide bonds. The highest BCUT2D eigenvalue weighted by Gasteiger charge is 1.85. The summed E-state index contributed by atoms with van der Waals surface area (Å²) in [4.78, 5) is 10.2. The third-order valence-corrected chi connectivity index (χ3v) is 1.13. The Morgan fingerprint density at radius 2 is 2.57 bits per heavy atom. The van der Waals surface area contributed by atoms with Crippen molar-refractivity contribution in [3.8, 4) is 0 Å². The van der Waals surface area contributed by atoms with Gasteiger partial charge in [-0.3, -0.25) is 0 Å². The van der Waals surface area contributed by atoms with Crippen molar-refractivity contribution in [3.05, 3.63) is 6.58 Å². The Bertz CT molecular complexity index is 93.9. The maximum Gasteiger partial charge on any atom is 0.274 e. The molecule has 0 heterocycles. The van der Waals surface area contributed by atoms with Gasteiger partial charge in [-0.2, -0.15) is 4.52 Å². The Hall–Kier alpha value is -0.130. The summed E-state index contributed by atoms with van der Waals surface area (Å²) in [7, 11) is -1.69. The van der Waals surface area contributed by atoms with Crippen LogP contribution in [-0.4, -0.2) is 12.1 Å². The molecule has 0 bridgehead atoms. The average molecular weight is 118 g/mol. The van der Waals surface area contributed by atoms with Crippen LogP contribution in [0.3, 0.4) is 0 Å². The molecule has 0 aliphatic heterocycles. The summed E-state index contributed by atoms with van der Waals surface area (Å²) in [6.07, 6.45) is 0. The van der Waals surface area contributed by atoms with E-state index in [1.807, 2.05) is 0 Å². The van der Waals surface area contributed by atoms with Crippen molar-refractivity contribution in [2.75, 3.05) is 6.61 Å². The molecule has 0 N–H and O–H groups in total. The molecular formula is C4H7O2P. The quantitative estimate of drug-likeness (QED) is 0.488. The van der Waals surface area contributed by atoms with Crippen LogP contribution >= 0.6 is 8.00 Å². The molecular weight excluding hydrogens is 111 g/mol. The van der Waals surface area contributed by atoms with E-state index in [0.717, 1.165) is 0 Å². The van der Waals surface area contributed by atoms with Gasteiger partial charge in [-0.05, 0) is 13.5 Å². The SMILES string of the molecule is C=C=[P+]([O-])OCC. The molecule has 0 rings (SSSR count). The van der Waals surface area contributed by atoms with Crippen molar-refractivity contribution in [2.24, 2.45) is 0 Å². The van der Waals surface area contributed by atoms with Crippen LogP contribution in [0.15, 0.2) is 6.58 Å². The molecule has 2 nitrogen and oxygen atoms in total. The normalized spacial score (nSPS) is 10.3. The number of hydrogen-bond acceptors (Lipinski definition) is 2. The first-order valence-corrected chi connectivity index (χ1v) is 3.12. The molecule has 1 unspecified atom stereocenters. The zero-order valence-electron chi connectivity index (χ0n) is 4.18. The summed E-state index contributed by atoms with van der Waals surface area (Å²) in [5.41, 5.74) is 2.20. The molecule has 0 radical (unpaired) electrons. The van der Waals surface area contributed by atoms with Crippen molar-refractivity contribution in [3.63, 3.8) is 0 Å². The van der Waals surface area contributed by atoms with Gasteiger partial charge in [-0.1, -0.05) is 0 Å². The molecule has 0 aromatic carbocycles. The smallest absolute Gasteiger partial charge is 0.274 e. The van der Waals surface area contributed by atoms with Crippen molar-refractivity contribution in [1.29, 1.82) is 0 Å². The van der Waals surface area contributed by atoms with Crippen molar-refractivity contribution in [1.82, 2.24) is 0 Å². The summed E-state index contributed by atoms with van der Waals surface area (Å²) in [6, 6.07) is 0. The number of rotatable bonds is 2. The van der Waals surface area contributed by atoms with Gasteiger partial charge in [0.15, 0.2) is 0 Å². The first kappa shape index (κ1) is 6.87. The van der Waals surface area contributed by atoms with E-state index in [9.17, 15) is 4.89 Å². The van der Waals surface area contributed by atoms with Gasteiger partial charge in [0.05, 0.1) is 6.61 Å². The minimum Gasteiger partial charge on any atom is -0.595 e. The predicted molar refractivity (Wildman–Crippen MR) is 29.2 cm³/mol. The van der Waals surface area contributed by atoms with E-state index in [1.165, 1.54) is 0 Å². The fourth-order valence-electron chi connectivity index (χ4n) is 0.163. The predicted octanol–water partition coefficient (Wildman–Crippen LogP) is 0.282. The van der Waals surface area contributed by atoms with E-state index in [1.54, 1.807) is 6.92 Å². The Kier molecular flexibility index (Phi) is 3.97. The molecule has 0 spiro atoms. The number of hydrogen-bond donors (Lipinski definition) is 0. The molecule has 0 aromatic heterocycles. The minimum atomic E-state index is -1.69. The molecule has 0 saturated heterocycles. The van der Waals surface area contributed by atoms with Gasteiger partial charge in [0.25, 0.3) is 8.00 Å². The van der Waals surface area contributed by atoms with Gasteiger partial charge in [-0.15, -0.1) is 0 Å². The van der Waals surface area contributed by atoms with Gasteiger partial charge in [0, 0.05) is 0 Å². The topological polar surface area (TPSA) is 32.3 Å². The second kappa shape index (κ2) is 4.04. The van der Waals surface area contributed by atoms with E-state index in [4.69, 9.17) is 0 Å². The standard InChI is InChI=1S/C4H7O2P/c1-3-6-7(5)4-2/h2-3H2,1H3. The summed E-state index contributed by atoms with van der Waals surface area (Å²) < 4.78 is 4.53. The maximum absolute atomic E-state index is 10.2. The third kappa shape index (κ3) is 3.71.